The van der Waals surface area contributed by atoms with E-state index in [1.807, 2.05) is 30.3 Å². The Morgan fingerprint density at radius 1 is 1.18 bits per heavy atom. The Hall–Kier alpha value is -2.29. The number of ether oxygens (including phenoxy) is 1. The Morgan fingerprint density at radius 3 is 2.77 bits per heavy atom. The van der Waals surface area contributed by atoms with Gasteiger partial charge in [0.2, 0.25) is 0 Å². The van der Waals surface area contributed by atoms with Crippen molar-refractivity contribution < 1.29 is 14.6 Å². The minimum atomic E-state index is -0.754. The van der Waals surface area contributed by atoms with Crippen molar-refractivity contribution in [2.75, 3.05) is 0 Å². The van der Waals surface area contributed by atoms with Gasteiger partial charge in [0, 0.05) is 6.42 Å². The number of aliphatic carboxylic acids is 1. The molecule has 1 N–H and O–H groups in total. The van der Waals surface area contributed by atoms with Crippen LogP contribution in [-0.4, -0.2) is 11.1 Å². The van der Waals surface area contributed by atoms with Crippen LogP contribution in [0.3, 0.4) is 0 Å². The average Bonchev–Trinajstić information content (AvgIpc) is 2.75. The van der Waals surface area contributed by atoms with Crippen LogP contribution in [0.25, 0.3) is 0 Å². The Morgan fingerprint density at radius 2 is 2.00 bits per heavy atom. The molecule has 1 unspecified atom stereocenters. The Labute approximate surface area is 130 Å². The van der Waals surface area contributed by atoms with Crippen molar-refractivity contribution in [3.63, 3.8) is 0 Å². The maximum absolute atomic E-state index is 10.7. The molecule has 1 aliphatic rings. The number of benzene rings is 2. The van der Waals surface area contributed by atoms with E-state index in [1.165, 1.54) is 11.1 Å². The van der Waals surface area contributed by atoms with E-state index < -0.39 is 5.97 Å². The minimum Gasteiger partial charge on any atom is -0.485 e. The first-order chi connectivity index (χ1) is 10.7. The molecule has 2 aromatic carbocycles. The molecule has 2 aromatic rings. The molecule has 0 bridgehead atoms. The molecule has 3 rings (SSSR count). The van der Waals surface area contributed by atoms with Gasteiger partial charge < -0.3 is 9.84 Å². The van der Waals surface area contributed by atoms with E-state index in [0.29, 0.717) is 6.42 Å². The van der Waals surface area contributed by atoms with E-state index in [-0.39, 0.29) is 12.5 Å². The van der Waals surface area contributed by atoms with Crippen LogP contribution in [0.5, 0.6) is 5.75 Å². The summed E-state index contributed by atoms with van der Waals surface area (Å²) >= 11 is 0. The van der Waals surface area contributed by atoms with Crippen LogP contribution in [0, 0.1) is 0 Å². The zero-order valence-corrected chi connectivity index (χ0v) is 12.5. The summed E-state index contributed by atoms with van der Waals surface area (Å²) in [6.07, 6.45) is 3.92. The molecule has 0 radical (unpaired) electrons. The summed E-state index contributed by atoms with van der Waals surface area (Å²) in [5.41, 5.74) is 3.48. The third-order valence-electron chi connectivity index (χ3n) is 4.11. The smallest absolute Gasteiger partial charge is 0.303 e. The molecule has 0 saturated heterocycles. The molecule has 0 spiro atoms. The monoisotopic (exact) mass is 296 g/mol. The summed E-state index contributed by atoms with van der Waals surface area (Å²) in [7, 11) is 0. The Kier molecular flexibility index (Phi) is 4.42. The number of carboxylic acid groups (broad SMARTS) is 1. The number of aryl methyl sites for hydroxylation is 2. The fraction of sp³-hybridized carbons (Fsp3) is 0.316. The molecule has 0 aromatic heterocycles. The standard InChI is InChI=1S/C19H20O3/c20-19(21)12-10-14-9-11-18-16(13-14)7-4-8-17(22-18)15-5-2-1-3-6-15/h1-3,5-6,9,11,13,17H,4,7-8,10,12H2,(H,20,21). The van der Waals surface area contributed by atoms with Crippen LogP contribution in [0.1, 0.15) is 42.1 Å². The van der Waals surface area contributed by atoms with Gasteiger partial charge in [0.25, 0.3) is 0 Å². The van der Waals surface area contributed by atoms with E-state index in [4.69, 9.17) is 9.84 Å². The zero-order chi connectivity index (χ0) is 15.4. The van der Waals surface area contributed by atoms with Crippen molar-refractivity contribution >= 4 is 5.97 Å². The fourth-order valence-electron chi connectivity index (χ4n) is 2.94. The summed E-state index contributed by atoms with van der Waals surface area (Å²) < 4.78 is 6.21. The number of carbonyl (C=O) groups is 1. The molecule has 1 heterocycles. The van der Waals surface area contributed by atoms with Gasteiger partial charge in [-0.05, 0) is 48.4 Å². The predicted molar refractivity (Wildman–Crippen MR) is 85.1 cm³/mol. The highest BCUT2D eigenvalue weighted by Crippen LogP contribution is 2.34. The summed E-state index contributed by atoms with van der Waals surface area (Å²) in [5, 5.41) is 8.79. The topological polar surface area (TPSA) is 46.5 Å². The van der Waals surface area contributed by atoms with Gasteiger partial charge in [-0.1, -0.05) is 42.5 Å². The van der Waals surface area contributed by atoms with E-state index in [9.17, 15) is 4.79 Å². The Bertz CT molecular complexity index is 649. The van der Waals surface area contributed by atoms with Crippen molar-refractivity contribution in [3.8, 4) is 5.75 Å². The van der Waals surface area contributed by atoms with Crippen molar-refractivity contribution in [3.05, 3.63) is 65.2 Å². The SMILES string of the molecule is O=C(O)CCc1ccc2c(c1)CCCC(c1ccccc1)O2. The number of hydrogen-bond donors (Lipinski definition) is 1. The van der Waals surface area contributed by atoms with Crippen LogP contribution >= 0.6 is 0 Å². The largest absolute Gasteiger partial charge is 0.485 e. The van der Waals surface area contributed by atoms with Gasteiger partial charge in [-0.3, -0.25) is 4.79 Å². The Balaban J connectivity index is 1.78. The maximum atomic E-state index is 10.7. The van der Waals surface area contributed by atoms with Crippen LogP contribution in [0.4, 0.5) is 0 Å². The lowest BCUT2D eigenvalue weighted by atomic mass is 10.0. The lowest BCUT2D eigenvalue weighted by Gasteiger charge is -2.18. The molecule has 114 valence electrons. The second-order valence-electron chi connectivity index (χ2n) is 5.75. The average molecular weight is 296 g/mol. The molecule has 22 heavy (non-hydrogen) atoms. The second kappa shape index (κ2) is 6.65. The first-order valence-electron chi connectivity index (χ1n) is 7.77. The summed E-state index contributed by atoms with van der Waals surface area (Å²) in [4.78, 5) is 10.7. The van der Waals surface area contributed by atoms with E-state index in [1.54, 1.807) is 0 Å². The van der Waals surface area contributed by atoms with Crippen molar-refractivity contribution in [2.24, 2.45) is 0 Å². The molecule has 3 nitrogen and oxygen atoms in total. The summed E-state index contributed by atoms with van der Waals surface area (Å²) in [5.74, 6) is 0.181. The lowest BCUT2D eigenvalue weighted by molar-refractivity contribution is -0.136. The maximum Gasteiger partial charge on any atom is 0.303 e. The zero-order valence-electron chi connectivity index (χ0n) is 12.5. The number of rotatable bonds is 4. The van der Waals surface area contributed by atoms with Crippen LogP contribution in [0.15, 0.2) is 48.5 Å². The van der Waals surface area contributed by atoms with Gasteiger partial charge in [-0.25, -0.2) is 0 Å². The third kappa shape index (κ3) is 3.48. The highest BCUT2D eigenvalue weighted by molar-refractivity contribution is 5.67. The highest BCUT2D eigenvalue weighted by Gasteiger charge is 2.19. The molecule has 0 amide bonds. The number of carboxylic acids is 1. The molecule has 3 heteroatoms. The molecule has 0 saturated carbocycles. The highest BCUT2D eigenvalue weighted by atomic mass is 16.5. The number of fused-ring (bicyclic) bond motifs is 1. The van der Waals surface area contributed by atoms with Crippen molar-refractivity contribution in [1.82, 2.24) is 0 Å². The van der Waals surface area contributed by atoms with Gasteiger partial charge in [0.1, 0.15) is 11.9 Å². The van der Waals surface area contributed by atoms with Crippen LogP contribution < -0.4 is 4.74 Å². The van der Waals surface area contributed by atoms with E-state index in [2.05, 4.69) is 18.2 Å². The quantitative estimate of drug-likeness (QED) is 0.921. The fourth-order valence-corrected chi connectivity index (χ4v) is 2.94. The summed E-state index contributed by atoms with van der Waals surface area (Å²) in [6, 6.07) is 16.4. The van der Waals surface area contributed by atoms with Crippen LogP contribution in [-0.2, 0) is 17.6 Å². The summed E-state index contributed by atoms with van der Waals surface area (Å²) in [6.45, 7) is 0. The van der Waals surface area contributed by atoms with Gasteiger partial charge >= 0.3 is 5.97 Å². The van der Waals surface area contributed by atoms with E-state index in [0.717, 1.165) is 30.6 Å². The third-order valence-corrected chi connectivity index (χ3v) is 4.11. The van der Waals surface area contributed by atoms with Crippen molar-refractivity contribution in [2.45, 2.75) is 38.2 Å². The van der Waals surface area contributed by atoms with Gasteiger partial charge in [0.15, 0.2) is 0 Å². The van der Waals surface area contributed by atoms with Crippen LogP contribution in [0.2, 0.25) is 0 Å². The molecular weight excluding hydrogens is 276 g/mol. The lowest BCUT2D eigenvalue weighted by Crippen LogP contribution is -2.06. The molecule has 1 aliphatic heterocycles. The molecule has 0 fully saturated rings. The molecular formula is C19H20O3. The minimum absolute atomic E-state index is 0.104. The second-order valence-corrected chi connectivity index (χ2v) is 5.75. The molecule has 0 aliphatic carbocycles. The first kappa shape index (κ1) is 14.6. The van der Waals surface area contributed by atoms with Gasteiger partial charge in [0.05, 0.1) is 0 Å². The van der Waals surface area contributed by atoms with Gasteiger partial charge in [-0.15, -0.1) is 0 Å². The van der Waals surface area contributed by atoms with E-state index >= 15 is 0 Å². The van der Waals surface area contributed by atoms with Gasteiger partial charge in [-0.2, -0.15) is 0 Å². The number of hydrogen-bond acceptors (Lipinski definition) is 2. The normalized spacial score (nSPS) is 17.2. The van der Waals surface area contributed by atoms with Crippen molar-refractivity contribution in [1.29, 1.82) is 0 Å². The predicted octanol–water partition coefficient (Wildman–Crippen LogP) is 4.16. The first-order valence-corrected chi connectivity index (χ1v) is 7.77. The molecule has 1 atom stereocenters.